The van der Waals surface area contributed by atoms with Crippen LogP contribution in [0.3, 0.4) is 0 Å². The van der Waals surface area contributed by atoms with E-state index in [0.29, 0.717) is 0 Å². The lowest BCUT2D eigenvalue weighted by molar-refractivity contribution is 0.102. The summed E-state index contributed by atoms with van der Waals surface area (Å²) in [7, 11) is 1.40. The summed E-state index contributed by atoms with van der Waals surface area (Å²) in [6.45, 7) is 0. The normalized spacial score (nSPS) is 9.65. The molecule has 100 valence electrons. The first-order valence-corrected chi connectivity index (χ1v) is 5.65. The van der Waals surface area contributed by atoms with Crippen LogP contribution >= 0.6 is 0 Å². The fourth-order valence-corrected chi connectivity index (χ4v) is 1.63. The zero-order chi connectivity index (χ0) is 14.5. The summed E-state index contributed by atoms with van der Waals surface area (Å²) < 4.78 is 18.0. The number of benzene rings is 1. The van der Waals surface area contributed by atoms with Crippen LogP contribution in [0.4, 0.5) is 10.1 Å². The molecule has 1 amide bonds. The van der Waals surface area contributed by atoms with E-state index in [1.54, 1.807) is 6.07 Å². The van der Waals surface area contributed by atoms with Crippen molar-refractivity contribution in [3.8, 4) is 11.9 Å². The Kier molecular flexibility index (Phi) is 3.91. The minimum atomic E-state index is -0.543. The van der Waals surface area contributed by atoms with E-state index in [4.69, 9.17) is 10.00 Å². The summed E-state index contributed by atoms with van der Waals surface area (Å²) in [6.07, 6.45) is 1.49. The Bertz CT molecular complexity index is 695. The van der Waals surface area contributed by atoms with Crippen molar-refractivity contribution in [2.24, 2.45) is 0 Å². The summed E-state index contributed by atoms with van der Waals surface area (Å²) in [5.74, 6) is -0.859. The van der Waals surface area contributed by atoms with Gasteiger partial charge in [-0.05, 0) is 30.3 Å². The molecule has 0 bridgehead atoms. The maximum atomic E-state index is 13.0. The molecular weight excluding hydrogens is 261 g/mol. The van der Waals surface area contributed by atoms with E-state index in [0.717, 1.165) is 12.1 Å². The van der Waals surface area contributed by atoms with Crippen molar-refractivity contribution in [3.63, 3.8) is 0 Å². The van der Waals surface area contributed by atoms with Gasteiger partial charge in [-0.2, -0.15) is 5.26 Å². The van der Waals surface area contributed by atoms with Gasteiger partial charge < -0.3 is 10.1 Å². The number of nitriles is 1. The fraction of sp³-hybridized carbons (Fsp3) is 0.0714. The number of hydrogen-bond donors (Lipinski definition) is 1. The Balaban J connectivity index is 2.31. The Labute approximate surface area is 114 Å². The molecule has 0 atom stereocenters. The SMILES string of the molecule is COc1ncccc1C(=O)Nc1ccc(F)cc1C#N. The molecule has 0 aliphatic carbocycles. The molecule has 0 aliphatic rings. The molecule has 2 rings (SSSR count). The summed E-state index contributed by atoms with van der Waals surface area (Å²) in [5, 5.41) is 11.5. The molecule has 0 aliphatic heterocycles. The second-order valence-corrected chi connectivity index (χ2v) is 3.82. The van der Waals surface area contributed by atoms with Gasteiger partial charge in [0.15, 0.2) is 0 Å². The second kappa shape index (κ2) is 5.80. The third-order valence-electron chi connectivity index (χ3n) is 2.56. The topological polar surface area (TPSA) is 75.0 Å². The minimum absolute atomic E-state index is 0.0428. The number of pyridine rings is 1. The molecule has 1 aromatic heterocycles. The molecule has 2 aromatic rings. The number of carbonyl (C=O) groups excluding carboxylic acids is 1. The van der Waals surface area contributed by atoms with Crippen molar-refractivity contribution in [2.75, 3.05) is 12.4 Å². The van der Waals surface area contributed by atoms with Crippen molar-refractivity contribution in [1.82, 2.24) is 4.98 Å². The maximum absolute atomic E-state index is 13.0. The number of anilines is 1. The fourth-order valence-electron chi connectivity index (χ4n) is 1.63. The molecule has 0 fully saturated rings. The van der Waals surface area contributed by atoms with Gasteiger partial charge in [0.25, 0.3) is 5.91 Å². The van der Waals surface area contributed by atoms with Crippen LogP contribution in [0.15, 0.2) is 36.5 Å². The Morgan fingerprint density at radius 1 is 1.45 bits per heavy atom. The first-order chi connectivity index (χ1) is 9.65. The minimum Gasteiger partial charge on any atom is -0.480 e. The van der Waals surface area contributed by atoms with Gasteiger partial charge in [-0.25, -0.2) is 9.37 Å². The molecule has 0 saturated heterocycles. The number of halogens is 1. The highest BCUT2D eigenvalue weighted by Gasteiger charge is 2.14. The number of nitrogens with zero attached hydrogens (tertiary/aromatic N) is 2. The monoisotopic (exact) mass is 271 g/mol. The molecule has 1 aromatic carbocycles. The highest BCUT2D eigenvalue weighted by Crippen LogP contribution is 2.19. The van der Waals surface area contributed by atoms with E-state index in [2.05, 4.69) is 10.3 Å². The van der Waals surface area contributed by atoms with Crippen molar-refractivity contribution in [2.45, 2.75) is 0 Å². The van der Waals surface area contributed by atoms with Crippen LogP contribution in [0.2, 0.25) is 0 Å². The molecule has 0 spiro atoms. The maximum Gasteiger partial charge on any atom is 0.261 e. The number of rotatable bonds is 3. The van der Waals surface area contributed by atoms with E-state index in [-0.39, 0.29) is 22.7 Å². The zero-order valence-electron chi connectivity index (χ0n) is 10.6. The van der Waals surface area contributed by atoms with Crippen LogP contribution in [0.25, 0.3) is 0 Å². The second-order valence-electron chi connectivity index (χ2n) is 3.82. The summed E-state index contributed by atoms with van der Waals surface area (Å²) in [4.78, 5) is 16.0. The number of aromatic nitrogens is 1. The molecule has 0 saturated carbocycles. The zero-order valence-corrected chi connectivity index (χ0v) is 10.6. The molecule has 1 heterocycles. The Morgan fingerprint density at radius 3 is 2.95 bits per heavy atom. The summed E-state index contributed by atoms with van der Waals surface area (Å²) >= 11 is 0. The van der Waals surface area contributed by atoms with E-state index in [1.807, 2.05) is 6.07 Å². The van der Waals surface area contributed by atoms with E-state index < -0.39 is 11.7 Å². The third-order valence-corrected chi connectivity index (χ3v) is 2.56. The first-order valence-electron chi connectivity index (χ1n) is 5.65. The lowest BCUT2D eigenvalue weighted by Gasteiger charge is -2.09. The van der Waals surface area contributed by atoms with Gasteiger partial charge in [-0.3, -0.25) is 4.79 Å². The first kappa shape index (κ1) is 13.5. The van der Waals surface area contributed by atoms with Crippen LogP contribution in [-0.4, -0.2) is 18.0 Å². The lowest BCUT2D eigenvalue weighted by Crippen LogP contribution is -2.14. The smallest absolute Gasteiger partial charge is 0.261 e. The molecule has 6 heteroatoms. The highest BCUT2D eigenvalue weighted by molar-refractivity contribution is 6.06. The predicted molar refractivity (Wildman–Crippen MR) is 69.9 cm³/mol. The van der Waals surface area contributed by atoms with Gasteiger partial charge >= 0.3 is 0 Å². The average molecular weight is 271 g/mol. The van der Waals surface area contributed by atoms with E-state index in [9.17, 15) is 9.18 Å². The summed E-state index contributed by atoms with van der Waals surface area (Å²) in [6, 6.07) is 8.49. The predicted octanol–water partition coefficient (Wildman–Crippen LogP) is 2.35. The van der Waals surface area contributed by atoms with Gasteiger partial charge in [0.2, 0.25) is 5.88 Å². The van der Waals surface area contributed by atoms with Crippen molar-refractivity contribution in [3.05, 3.63) is 53.5 Å². The van der Waals surface area contributed by atoms with Gasteiger partial charge in [0.05, 0.1) is 18.4 Å². The summed E-state index contributed by atoms with van der Waals surface area (Å²) in [5.41, 5.74) is 0.495. The number of nitrogens with one attached hydrogen (secondary N) is 1. The number of carbonyl (C=O) groups is 1. The van der Waals surface area contributed by atoms with Gasteiger partial charge in [-0.1, -0.05) is 0 Å². The van der Waals surface area contributed by atoms with Crippen molar-refractivity contribution in [1.29, 1.82) is 5.26 Å². The molecule has 20 heavy (non-hydrogen) atoms. The Hall–Kier alpha value is -2.94. The molecule has 0 unspecified atom stereocenters. The van der Waals surface area contributed by atoms with Gasteiger partial charge in [0.1, 0.15) is 17.4 Å². The lowest BCUT2D eigenvalue weighted by atomic mass is 10.1. The largest absolute Gasteiger partial charge is 0.480 e. The van der Waals surface area contributed by atoms with Gasteiger partial charge in [-0.15, -0.1) is 0 Å². The van der Waals surface area contributed by atoms with Gasteiger partial charge in [0, 0.05) is 6.20 Å². The molecule has 0 radical (unpaired) electrons. The quantitative estimate of drug-likeness (QED) is 0.929. The van der Waals surface area contributed by atoms with Crippen LogP contribution in [0, 0.1) is 17.1 Å². The van der Waals surface area contributed by atoms with Crippen LogP contribution in [0.5, 0.6) is 5.88 Å². The van der Waals surface area contributed by atoms with E-state index >= 15 is 0 Å². The molecule has 5 nitrogen and oxygen atoms in total. The van der Waals surface area contributed by atoms with Crippen molar-refractivity contribution < 1.29 is 13.9 Å². The molecular formula is C14H10FN3O2. The van der Waals surface area contributed by atoms with Crippen LogP contribution in [0.1, 0.15) is 15.9 Å². The van der Waals surface area contributed by atoms with E-state index in [1.165, 1.54) is 25.4 Å². The van der Waals surface area contributed by atoms with Crippen LogP contribution in [-0.2, 0) is 0 Å². The number of ether oxygens (including phenoxy) is 1. The highest BCUT2D eigenvalue weighted by atomic mass is 19.1. The standard InChI is InChI=1S/C14H10FN3O2/c1-20-14-11(3-2-6-17-14)13(19)18-12-5-4-10(15)7-9(12)8-16/h2-7H,1H3,(H,18,19). The molecule has 1 N–H and O–H groups in total. The Morgan fingerprint density at radius 2 is 2.25 bits per heavy atom. The number of hydrogen-bond acceptors (Lipinski definition) is 4. The van der Waals surface area contributed by atoms with Crippen molar-refractivity contribution >= 4 is 11.6 Å². The number of methoxy groups -OCH3 is 1. The number of amides is 1. The van der Waals surface area contributed by atoms with Crippen LogP contribution < -0.4 is 10.1 Å². The average Bonchev–Trinajstić information content (AvgIpc) is 2.48. The third kappa shape index (κ3) is 2.72.